The molecule has 2 nitrogen and oxygen atoms in total. The minimum absolute atomic E-state index is 0.878. The highest BCUT2D eigenvalue weighted by Gasteiger charge is 2.19. The highest BCUT2D eigenvalue weighted by atomic mass is 79.9. The molecule has 1 aromatic rings. The van der Waals surface area contributed by atoms with Gasteiger partial charge in [-0.3, -0.25) is 4.90 Å². The van der Waals surface area contributed by atoms with Crippen molar-refractivity contribution in [2.75, 3.05) is 20.2 Å². The molecule has 1 unspecified atom stereocenters. The average Bonchev–Trinajstić information content (AvgIpc) is 2.41. The second-order valence-corrected chi connectivity index (χ2v) is 5.96. The zero-order valence-corrected chi connectivity index (χ0v) is 12.9. The Morgan fingerprint density at radius 2 is 2.28 bits per heavy atom. The maximum absolute atomic E-state index is 5.30. The van der Waals surface area contributed by atoms with Gasteiger partial charge in [0.25, 0.3) is 0 Å². The lowest BCUT2D eigenvalue weighted by Gasteiger charge is -2.32. The van der Waals surface area contributed by atoms with Crippen molar-refractivity contribution < 1.29 is 4.74 Å². The molecule has 1 fully saturated rings. The van der Waals surface area contributed by atoms with Gasteiger partial charge in [-0.05, 0) is 49.1 Å². The Morgan fingerprint density at radius 1 is 1.44 bits per heavy atom. The standard InChI is InChI=1S/C15H22BrNO/c1-3-12-5-4-8-17(10-12)11-13-9-14(18-2)6-7-15(13)16/h6-7,9,12H,3-5,8,10-11H2,1-2H3. The normalized spacial score (nSPS) is 20.9. The average molecular weight is 312 g/mol. The highest BCUT2D eigenvalue weighted by Crippen LogP contribution is 2.26. The first kappa shape index (κ1) is 13.9. The van der Waals surface area contributed by atoms with E-state index in [0.717, 1.165) is 18.2 Å². The second kappa shape index (κ2) is 6.58. The number of piperidine rings is 1. The Bertz CT molecular complexity index is 394. The van der Waals surface area contributed by atoms with E-state index in [-0.39, 0.29) is 0 Å². The van der Waals surface area contributed by atoms with Crippen molar-refractivity contribution in [3.8, 4) is 5.75 Å². The number of hydrogen-bond acceptors (Lipinski definition) is 2. The van der Waals surface area contributed by atoms with Gasteiger partial charge in [-0.15, -0.1) is 0 Å². The van der Waals surface area contributed by atoms with E-state index in [2.05, 4.69) is 39.9 Å². The third kappa shape index (κ3) is 3.48. The summed E-state index contributed by atoms with van der Waals surface area (Å²) >= 11 is 3.64. The van der Waals surface area contributed by atoms with E-state index < -0.39 is 0 Å². The number of ether oxygens (including phenoxy) is 1. The van der Waals surface area contributed by atoms with Gasteiger partial charge in [0.15, 0.2) is 0 Å². The fourth-order valence-electron chi connectivity index (χ4n) is 2.67. The molecule has 100 valence electrons. The van der Waals surface area contributed by atoms with E-state index in [4.69, 9.17) is 4.74 Å². The maximum atomic E-state index is 5.30. The van der Waals surface area contributed by atoms with E-state index in [0.29, 0.717) is 0 Å². The number of methoxy groups -OCH3 is 1. The van der Waals surface area contributed by atoms with Crippen LogP contribution in [0.15, 0.2) is 22.7 Å². The van der Waals surface area contributed by atoms with Crippen molar-refractivity contribution in [1.29, 1.82) is 0 Å². The van der Waals surface area contributed by atoms with Crippen molar-refractivity contribution in [3.05, 3.63) is 28.2 Å². The van der Waals surface area contributed by atoms with Crippen molar-refractivity contribution in [2.45, 2.75) is 32.7 Å². The summed E-state index contributed by atoms with van der Waals surface area (Å²) in [7, 11) is 1.72. The molecule has 0 aromatic heterocycles. The largest absolute Gasteiger partial charge is 0.497 e. The van der Waals surface area contributed by atoms with Crippen LogP contribution in [0.3, 0.4) is 0 Å². The van der Waals surface area contributed by atoms with Crippen LogP contribution >= 0.6 is 15.9 Å². The van der Waals surface area contributed by atoms with Crippen LogP contribution in [0, 0.1) is 5.92 Å². The van der Waals surface area contributed by atoms with Gasteiger partial charge < -0.3 is 4.74 Å². The Labute approximate surface area is 118 Å². The molecule has 1 aliphatic rings. The van der Waals surface area contributed by atoms with Gasteiger partial charge >= 0.3 is 0 Å². The predicted molar refractivity (Wildman–Crippen MR) is 79.0 cm³/mol. The Balaban J connectivity index is 2.04. The molecule has 0 saturated carbocycles. The monoisotopic (exact) mass is 311 g/mol. The summed E-state index contributed by atoms with van der Waals surface area (Å²) in [6.45, 7) is 5.78. The minimum Gasteiger partial charge on any atom is -0.497 e. The lowest BCUT2D eigenvalue weighted by molar-refractivity contribution is 0.164. The molecular weight excluding hydrogens is 290 g/mol. The van der Waals surface area contributed by atoms with Gasteiger partial charge in [0.2, 0.25) is 0 Å². The molecule has 0 spiro atoms. The first-order valence-electron chi connectivity index (χ1n) is 6.77. The Kier molecular flexibility index (Phi) is 5.07. The maximum Gasteiger partial charge on any atom is 0.119 e. The summed E-state index contributed by atoms with van der Waals surface area (Å²) < 4.78 is 6.48. The summed E-state index contributed by atoms with van der Waals surface area (Å²) in [5, 5.41) is 0. The van der Waals surface area contributed by atoms with Crippen molar-refractivity contribution in [3.63, 3.8) is 0 Å². The van der Waals surface area contributed by atoms with Crippen LogP contribution in [0.25, 0.3) is 0 Å². The first-order chi connectivity index (χ1) is 8.72. The third-order valence-corrected chi connectivity index (χ3v) is 4.60. The smallest absolute Gasteiger partial charge is 0.119 e. The van der Waals surface area contributed by atoms with E-state index in [1.54, 1.807) is 7.11 Å². The summed E-state index contributed by atoms with van der Waals surface area (Å²) in [5.74, 6) is 1.82. The van der Waals surface area contributed by atoms with Crippen LogP contribution in [-0.4, -0.2) is 25.1 Å². The second-order valence-electron chi connectivity index (χ2n) is 5.11. The molecule has 2 rings (SSSR count). The molecule has 1 heterocycles. The molecule has 1 saturated heterocycles. The van der Waals surface area contributed by atoms with E-state index in [1.165, 1.54) is 42.4 Å². The quantitative estimate of drug-likeness (QED) is 0.830. The van der Waals surface area contributed by atoms with E-state index in [1.807, 2.05) is 6.07 Å². The number of hydrogen-bond donors (Lipinski definition) is 0. The van der Waals surface area contributed by atoms with Crippen LogP contribution in [0.1, 0.15) is 31.7 Å². The van der Waals surface area contributed by atoms with E-state index >= 15 is 0 Å². The Hall–Kier alpha value is -0.540. The van der Waals surface area contributed by atoms with Gasteiger partial charge in [0, 0.05) is 17.6 Å². The third-order valence-electron chi connectivity index (χ3n) is 3.83. The molecule has 1 aromatic carbocycles. The van der Waals surface area contributed by atoms with Gasteiger partial charge in [-0.2, -0.15) is 0 Å². The molecule has 0 bridgehead atoms. The zero-order valence-electron chi connectivity index (χ0n) is 11.3. The zero-order chi connectivity index (χ0) is 13.0. The molecule has 0 N–H and O–H groups in total. The minimum atomic E-state index is 0.878. The number of likely N-dealkylation sites (tertiary alicyclic amines) is 1. The summed E-state index contributed by atoms with van der Waals surface area (Å²) in [6, 6.07) is 6.22. The summed E-state index contributed by atoms with van der Waals surface area (Å²) in [6.07, 6.45) is 4.03. The molecular formula is C15H22BrNO. The Morgan fingerprint density at radius 3 is 3.00 bits per heavy atom. The molecule has 18 heavy (non-hydrogen) atoms. The van der Waals surface area contributed by atoms with Gasteiger partial charge in [0.1, 0.15) is 5.75 Å². The molecule has 1 aliphatic heterocycles. The number of rotatable bonds is 4. The van der Waals surface area contributed by atoms with Crippen LogP contribution < -0.4 is 4.74 Å². The lowest BCUT2D eigenvalue weighted by atomic mass is 9.95. The number of benzene rings is 1. The molecule has 1 atom stereocenters. The fraction of sp³-hybridized carbons (Fsp3) is 0.600. The molecule has 0 aliphatic carbocycles. The van der Waals surface area contributed by atoms with Gasteiger partial charge in [-0.1, -0.05) is 29.3 Å². The topological polar surface area (TPSA) is 12.5 Å². The highest BCUT2D eigenvalue weighted by molar-refractivity contribution is 9.10. The lowest BCUT2D eigenvalue weighted by Crippen LogP contribution is -2.34. The molecule has 0 radical (unpaired) electrons. The van der Waals surface area contributed by atoms with Gasteiger partial charge in [-0.25, -0.2) is 0 Å². The number of nitrogens with zero attached hydrogens (tertiary/aromatic N) is 1. The van der Waals surface area contributed by atoms with Crippen LogP contribution in [0.2, 0.25) is 0 Å². The van der Waals surface area contributed by atoms with Crippen molar-refractivity contribution in [1.82, 2.24) is 4.90 Å². The first-order valence-corrected chi connectivity index (χ1v) is 7.57. The van der Waals surface area contributed by atoms with Crippen LogP contribution in [0.5, 0.6) is 5.75 Å². The van der Waals surface area contributed by atoms with E-state index in [9.17, 15) is 0 Å². The SMILES string of the molecule is CCC1CCCN(Cc2cc(OC)ccc2Br)C1. The van der Waals surface area contributed by atoms with Crippen molar-refractivity contribution >= 4 is 15.9 Å². The predicted octanol–water partition coefficient (Wildman–Crippen LogP) is 4.08. The molecule has 0 amide bonds. The summed E-state index contributed by atoms with van der Waals surface area (Å²) in [4.78, 5) is 2.57. The molecule has 3 heteroatoms. The number of halogens is 1. The fourth-order valence-corrected chi connectivity index (χ4v) is 3.04. The summed E-state index contributed by atoms with van der Waals surface area (Å²) in [5.41, 5.74) is 1.33. The van der Waals surface area contributed by atoms with Gasteiger partial charge in [0.05, 0.1) is 7.11 Å². The van der Waals surface area contributed by atoms with Crippen molar-refractivity contribution in [2.24, 2.45) is 5.92 Å². The van der Waals surface area contributed by atoms with Crippen LogP contribution in [0.4, 0.5) is 0 Å². The van der Waals surface area contributed by atoms with Crippen LogP contribution in [-0.2, 0) is 6.54 Å².